The van der Waals surface area contributed by atoms with Gasteiger partial charge in [-0.2, -0.15) is 0 Å². The molecule has 436 valence electrons. The average molecular weight is 1200 g/mol. The van der Waals surface area contributed by atoms with Crippen LogP contribution in [-0.4, -0.2) is 35.8 Å². The van der Waals surface area contributed by atoms with Gasteiger partial charge in [0, 0.05) is 160 Å². The van der Waals surface area contributed by atoms with Crippen LogP contribution in [0.5, 0.6) is 23.0 Å². The van der Waals surface area contributed by atoms with Gasteiger partial charge in [0.1, 0.15) is 23.0 Å². The van der Waals surface area contributed by atoms with Gasteiger partial charge in [-0.25, -0.2) is 0 Å². The summed E-state index contributed by atoms with van der Waals surface area (Å²) in [4.78, 5) is 74.4. The molecule has 4 aromatic carbocycles. The minimum Gasteiger partial charge on any atom is -0.427 e. The van der Waals surface area contributed by atoms with Gasteiger partial charge in [0.05, 0.1) is 0 Å². The van der Waals surface area contributed by atoms with Crippen molar-refractivity contribution in [2.75, 3.05) is 0 Å². The molecule has 92 heavy (non-hydrogen) atoms. The van der Waals surface area contributed by atoms with Crippen LogP contribution in [0.2, 0.25) is 0 Å². The normalized spacial score (nSPS) is 8.33. The topological polar surface area (TPSA) is 158 Å². The molecule has 0 fully saturated rings. The second kappa shape index (κ2) is 39.9. The van der Waals surface area contributed by atoms with Gasteiger partial charge in [-0.05, 0) is 182 Å². The molecule has 0 saturated carbocycles. The van der Waals surface area contributed by atoms with Crippen molar-refractivity contribution in [3.8, 4) is 23.0 Å². The molecule has 0 aliphatic carbocycles. The molecule has 0 unspecified atom stereocenters. The van der Waals surface area contributed by atoms with Crippen LogP contribution in [0.15, 0.2) is 316 Å². The van der Waals surface area contributed by atoms with Crippen LogP contribution in [0.3, 0.4) is 0 Å². The maximum Gasteiger partial charge on any atom is 0.352 e. The van der Waals surface area contributed by atoms with Crippen LogP contribution < -0.4 is 18.9 Å². The largest absolute Gasteiger partial charge is 0.427 e. The van der Waals surface area contributed by atoms with E-state index < -0.39 is 52.6 Å². The lowest BCUT2D eigenvalue weighted by atomic mass is 9.73. The highest BCUT2D eigenvalue weighted by molar-refractivity contribution is 5.74. The highest BCUT2D eigenvalue weighted by Crippen LogP contribution is 2.40. The van der Waals surface area contributed by atoms with Crippen LogP contribution in [0.25, 0.3) is 0 Å². The minimum absolute atomic E-state index is 0.131. The number of esters is 6. The summed E-state index contributed by atoms with van der Waals surface area (Å²) in [5, 5.41) is 0. The molecule has 0 amide bonds. The van der Waals surface area contributed by atoms with Crippen molar-refractivity contribution in [1.29, 1.82) is 0 Å². The third kappa shape index (κ3) is 27.9. The summed E-state index contributed by atoms with van der Waals surface area (Å²) < 4.78 is 32.3. The van der Waals surface area contributed by atoms with Crippen LogP contribution in [-0.2, 0) is 49.1 Å². The number of ether oxygens (including phenoxy) is 6. The summed E-state index contributed by atoms with van der Waals surface area (Å²) >= 11 is 0. The molecule has 0 bridgehead atoms. The fourth-order valence-corrected chi connectivity index (χ4v) is 7.35. The first-order valence-electron chi connectivity index (χ1n) is 26.7. The van der Waals surface area contributed by atoms with Gasteiger partial charge in [0.25, 0.3) is 0 Å². The standard InChI is InChI=1S/C80H44O12/c1-8-9-10-11-12-13-14-15-16-17-18-19-20-21-22-23-24-25-26-27-28-29-30-31-32-33-34-35-36-37-38-39-40-41-42-43-78(91-76(85)60-62-79(6,68-44-52-72(53-45-68)87-64(2)81)69-46-54-73(55-47-69)88-65(3)82)92-77(86)61-63-80(7,70-48-56-74(57-49-70)89-66(4)83)71-50-58-75(59-51-71)90-67(5)84/h44-59H,1,60-63H2,2-7H3. The second-order valence-electron chi connectivity index (χ2n) is 17.9. The molecular formula is C80H44O12. The maximum absolute atomic E-state index is 13.8. The molecule has 0 radical (unpaired) electrons. The second-order valence-corrected chi connectivity index (χ2v) is 17.9. The van der Waals surface area contributed by atoms with Crippen LogP contribution in [0.1, 0.15) is 89.5 Å². The lowest BCUT2D eigenvalue weighted by molar-refractivity contribution is -0.154. The molecule has 0 saturated heterocycles. The summed E-state index contributed by atoms with van der Waals surface area (Å²) in [7, 11) is 0. The van der Waals surface area contributed by atoms with Crippen molar-refractivity contribution in [3.05, 3.63) is 338 Å². The molecule has 0 heterocycles. The Morgan fingerprint density at radius 3 is 0.674 bits per heavy atom. The summed E-state index contributed by atoms with van der Waals surface area (Å²) in [5.74, 6) is -3.06. The third-order valence-electron chi connectivity index (χ3n) is 11.4. The van der Waals surface area contributed by atoms with Crippen LogP contribution in [0, 0.1) is 0 Å². The first kappa shape index (κ1) is 70.0. The van der Waals surface area contributed by atoms with Crippen molar-refractivity contribution in [2.45, 2.75) is 78.1 Å². The predicted molar refractivity (Wildman–Crippen MR) is 330 cm³/mol. The molecule has 0 N–H and O–H groups in total. The first-order valence-corrected chi connectivity index (χ1v) is 26.7. The molecule has 0 aliphatic rings. The van der Waals surface area contributed by atoms with E-state index in [2.05, 4.69) is 213 Å². The number of benzene rings is 4. The predicted octanol–water partition coefficient (Wildman–Crippen LogP) is 13.4. The zero-order valence-corrected chi connectivity index (χ0v) is 50.2. The number of hydrogen-bond donors (Lipinski definition) is 0. The SMILES string of the molecule is C=C=C=C=C=C=C=C=C=C=C=C=C=C=C=C=C=C=C=C=C=C=C=C=C=C=C=C=C=C=C=C=C=C=C=C=C=C(OC(=O)CCC(C)(c1ccc(OC(C)=O)cc1)c1ccc(OC(C)=O)cc1)OC(=O)CCC(C)(c1ccc(OC(C)=O)cc1)c1ccc(OC(C)=O)cc1. The molecule has 0 aliphatic heterocycles. The summed E-state index contributed by atoms with van der Waals surface area (Å²) in [6.07, 6.45) is -0.216. The molecule has 12 heteroatoms. The lowest BCUT2D eigenvalue weighted by Gasteiger charge is -2.31. The van der Waals surface area contributed by atoms with Crippen molar-refractivity contribution in [3.63, 3.8) is 0 Å². The highest BCUT2D eigenvalue weighted by atomic mass is 16.7. The fraction of sp³-hybridized carbons (Fsp3) is 0.150. The Morgan fingerprint density at radius 1 is 0.304 bits per heavy atom. The van der Waals surface area contributed by atoms with Gasteiger partial charge in [-0.1, -0.05) is 68.1 Å². The van der Waals surface area contributed by atoms with Gasteiger partial charge in [-0.15, -0.1) is 0 Å². The van der Waals surface area contributed by atoms with Gasteiger partial charge in [0.15, 0.2) is 0 Å². The summed E-state index contributed by atoms with van der Waals surface area (Å²) in [6.45, 7) is 12.2. The monoisotopic (exact) mass is 1200 g/mol. The van der Waals surface area contributed by atoms with E-state index in [1.54, 1.807) is 97.1 Å². The number of carbonyl (C=O) groups excluding carboxylic acids is 6. The Kier molecular flexibility index (Phi) is 30.4. The van der Waals surface area contributed by atoms with Gasteiger partial charge in [-0.3, -0.25) is 28.8 Å². The van der Waals surface area contributed by atoms with E-state index in [4.69, 9.17) is 28.4 Å². The molecular weight excluding hydrogens is 1150 g/mol. The molecule has 0 aromatic heterocycles. The van der Waals surface area contributed by atoms with E-state index in [9.17, 15) is 28.8 Å². The Hall–Kier alpha value is -14.5. The smallest absolute Gasteiger partial charge is 0.352 e. The van der Waals surface area contributed by atoms with Crippen molar-refractivity contribution < 1.29 is 57.2 Å². The quantitative estimate of drug-likeness (QED) is 0.0453. The van der Waals surface area contributed by atoms with Gasteiger partial charge < -0.3 is 28.4 Å². The number of hydrogen-bond acceptors (Lipinski definition) is 12. The average Bonchev–Trinajstić information content (AvgIpc) is 0.889. The zero-order valence-electron chi connectivity index (χ0n) is 50.2. The first-order chi connectivity index (χ1) is 44.5. The van der Waals surface area contributed by atoms with E-state index in [0.29, 0.717) is 23.0 Å². The maximum atomic E-state index is 13.8. The number of carbonyl (C=O) groups is 6. The van der Waals surface area contributed by atoms with Crippen LogP contribution in [0.4, 0.5) is 0 Å². The summed E-state index contributed by atoms with van der Waals surface area (Å²) in [5.41, 5.74) is 90.8. The Bertz CT molecular complexity index is 4870. The third-order valence-corrected chi connectivity index (χ3v) is 11.4. The molecule has 0 spiro atoms. The molecule has 0 atom stereocenters. The highest BCUT2D eigenvalue weighted by Gasteiger charge is 2.33. The zero-order chi connectivity index (χ0) is 66.5. The molecule has 12 nitrogen and oxygen atoms in total. The van der Waals surface area contributed by atoms with Crippen molar-refractivity contribution in [1.82, 2.24) is 0 Å². The summed E-state index contributed by atoms with van der Waals surface area (Å²) in [6, 6.07) is 27.0. The Morgan fingerprint density at radius 2 is 0.489 bits per heavy atom. The fourth-order valence-electron chi connectivity index (χ4n) is 7.35. The van der Waals surface area contributed by atoms with E-state index in [1.165, 1.54) is 27.7 Å². The van der Waals surface area contributed by atoms with Crippen molar-refractivity contribution >= 4 is 35.8 Å². The van der Waals surface area contributed by atoms with E-state index in [1.807, 2.05) is 13.8 Å². The van der Waals surface area contributed by atoms with E-state index in [0.717, 1.165) is 22.3 Å². The van der Waals surface area contributed by atoms with E-state index in [-0.39, 0.29) is 25.7 Å². The van der Waals surface area contributed by atoms with Crippen molar-refractivity contribution in [2.24, 2.45) is 0 Å². The molecule has 4 aromatic rings. The van der Waals surface area contributed by atoms with Gasteiger partial charge >= 0.3 is 41.8 Å². The van der Waals surface area contributed by atoms with Gasteiger partial charge in [0.2, 0.25) is 0 Å². The molecule has 4 rings (SSSR count). The lowest BCUT2D eigenvalue weighted by Crippen LogP contribution is -2.26. The Labute approximate surface area is 529 Å². The van der Waals surface area contributed by atoms with E-state index >= 15 is 0 Å². The number of rotatable bonds is 16. The minimum atomic E-state index is -0.894. The van der Waals surface area contributed by atoms with Crippen LogP contribution >= 0.6 is 0 Å². The Balaban J connectivity index is 1.72.